The lowest BCUT2D eigenvalue weighted by Gasteiger charge is -2.18. The summed E-state index contributed by atoms with van der Waals surface area (Å²) in [5, 5.41) is 14.0. The highest BCUT2D eigenvalue weighted by molar-refractivity contribution is 5.79. The van der Waals surface area contributed by atoms with Gasteiger partial charge in [0, 0.05) is 35.8 Å². The minimum absolute atomic E-state index is 0.0541. The highest BCUT2D eigenvalue weighted by Crippen LogP contribution is 2.47. The van der Waals surface area contributed by atoms with Crippen LogP contribution in [0.2, 0.25) is 0 Å². The molecule has 0 unspecified atom stereocenters. The number of carbonyl (C=O) groups is 1. The zero-order valence-corrected chi connectivity index (χ0v) is 18.5. The van der Waals surface area contributed by atoms with Gasteiger partial charge in [0.2, 0.25) is 5.91 Å². The standard InChI is InChI=1S/C25H26N6O2/c1-17-12-27-23(28-16-25(9-10-25)20-5-3-2-4-6-20)24(33)31(17)15-22(32)26-13-18-7-8-21-19(11-18)14-29-30-21/h2-8,11-12,14H,9-10,13,15-16H2,1H3,(H,26,32)(H,27,28)(H,29,30). The molecule has 5 rings (SSSR count). The second-order valence-corrected chi connectivity index (χ2v) is 8.71. The Labute approximate surface area is 191 Å². The number of aryl methyl sites for hydroxylation is 1. The molecular weight excluding hydrogens is 416 g/mol. The Morgan fingerprint density at radius 3 is 2.76 bits per heavy atom. The highest BCUT2D eigenvalue weighted by Gasteiger charge is 2.44. The molecule has 1 aliphatic rings. The summed E-state index contributed by atoms with van der Waals surface area (Å²) < 4.78 is 1.46. The van der Waals surface area contributed by atoms with Crippen LogP contribution in [0.15, 0.2) is 65.7 Å². The van der Waals surface area contributed by atoms with Gasteiger partial charge in [-0.15, -0.1) is 0 Å². The molecule has 2 heterocycles. The number of aromatic nitrogens is 4. The van der Waals surface area contributed by atoms with Gasteiger partial charge >= 0.3 is 0 Å². The number of nitrogens with one attached hydrogen (secondary N) is 3. The van der Waals surface area contributed by atoms with E-state index in [4.69, 9.17) is 0 Å². The van der Waals surface area contributed by atoms with Crippen LogP contribution >= 0.6 is 0 Å². The Hall–Kier alpha value is -3.94. The third kappa shape index (κ3) is 4.37. The third-order valence-corrected chi connectivity index (χ3v) is 6.38. The Balaban J connectivity index is 1.24. The Morgan fingerprint density at radius 1 is 1.15 bits per heavy atom. The predicted octanol–water partition coefficient (Wildman–Crippen LogP) is 2.89. The summed E-state index contributed by atoms with van der Waals surface area (Å²) in [5.74, 6) is 0.0496. The van der Waals surface area contributed by atoms with E-state index in [2.05, 4.69) is 37.9 Å². The Bertz CT molecular complexity index is 1350. The van der Waals surface area contributed by atoms with E-state index in [1.165, 1.54) is 10.1 Å². The molecule has 1 fully saturated rings. The van der Waals surface area contributed by atoms with Crippen LogP contribution in [-0.2, 0) is 23.3 Å². The van der Waals surface area contributed by atoms with Crippen LogP contribution in [0.25, 0.3) is 10.9 Å². The van der Waals surface area contributed by atoms with Gasteiger partial charge in [0.1, 0.15) is 6.54 Å². The van der Waals surface area contributed by atoms with Gasteiger partial charge in [0.05, 0.1) is 11.7 Å². The summed E-state index contributed by atoms with van der Waals surface area (Å²) in [4.78, 5) is 29.9. The number of benzene rings is 2. The predicted molar refractivity (Wildman–Crippen MR) is 127 cm³/mol. The van der Waals surface area contributed by atoms with E-state index in [1.807, 2.05) is 36.4 Å². The van der Waals surface area contributed by atoms with Gasteiger partial charge in [-0.05, 0) is 43.0 Å². The number of carbonyl (C=O) groups excluding carboxylic acids is 1. The van der Waals surface area contributed by atoms with E-state index in [9.17, 15) is 9.59 Å². The summed E-state index contributed by atoms with van der Waals surface area (Å²) in [7, 11) is 0. The molecule has 3 N–H and O–H groups in total. The first-order valence-corrected chi connectivity index (χ1v) is 11.1. The molecule has 0 saturated heterocycles. The molecule has 4 aromatic rings. The van der Waals surface area contributed by atoms with Crippen molar-refractivity contribution >= 4 is 22.6 Å². The summed E-state index contributed by atoms with van der Waals surface area (Å²) in [5.41, 5.74) is 3.60. The number of rotatable bonds is 8. The lowest BCUT2D eigenvalue weighted by Crippen LogP contribution is -2.35. The first-order chi connectivity index (χ1) is 16.0. The van der Waals surface area contributed by atoms with Crippen LogP contribution in [-0.4, -0.2) is 32.2 Å². The van der Waals surface area contributed by atoms with Crippen LogP contribution in [0, 0.1) is 6.92 Å². The van der Waals surface area contributed by atoms with Crippen molar-refractivity contribution in [3.8, 4) is 0 Å². The maximum Gasteiger partial charge on any atom is 0.293 e. The van der Waals surface area contributed by atoms with Crippen LogP contribution in [0.3, 0.4) is 0 Å². The monoisotopic (exact) mass is 442 g/mol. The maximum absolute atomic E-state index is 13.0. The molecule has 0 radical (unpaired) electrons. The van der Waals surface area contributed by atoms with Crippen LogP contribution in [0.5, 0.6) is 0 Å². The summed E-state index contributed by atoms with van der Waals surface area (Å²) >= 11 is 0. The molecule has 1 amide bonds. The topological polar surface area (TPSA) is 105 Å². The van der Waals surface area contributed by atoms with Gasteiger partial charge in [0.15, 0.2) is 5.82 Å². The van der Waals surface area contributed by atoms with Gasteiger partial charge in [-0.2, -0.15) is 5.10 Å². The summed E-state index contributed by atoms with van der Waals surface area (Å²) in [6, 6.07) is 16.2. The van der Waals surface area contributed by atoms with Crippen LogP contribution in [0.4, 0.5) is 5.82 Å². The van der Waals surface area contributed by atoms with Gasteiger partial charge in [-0.1, -0.05) is 36.4 Å². The Morgan fingerprint density at radius 2 is 1.97 bits per heavy atom. The fourth-order valence-corrected chi connectivity index (χ4v) is 4.15. The van der Waals surface area contributed by atoms with E-state index < -0.39 is 0 Å². The average Bonchev–Trinajstić information content (AvgIpc) is 3.48. The van der Waals surface area contributed by atoms with E-state index in [1.54, 1.807) is 19.3 Å². The van der Waals surface area contributed by atoms with Crippen molar-refractivity contribution in [2.45, 2.75) is 38.3 Å². The average molecular weight is 443 g/mol. The molecular formula is C25H26N6O2. The maximum atomic E-state index is 13.0. The molecule has 0 spiro atoms. The Kier molecular flexibility index (Phi) is 5.42. The molecule has 1 saturated carbocycles. The molecule has 0 bridgehead atoms. The quantitative estimate of drug-likeness (QED) is 0.389. The van der Waals surface area contributed by atoms with E-state index in [0.717, 1.165) is 29.3 Å². The smallest absolute Gasteiger partial charge is 0.293 e. The number of nitrogens with zero attached hydrogens (tertiary/aromatic N) is 3. The zero-order chi connectivity index (χ0) is 22.8. The van der Waals surface area contributed by atoms with E-state index >= 15 is 0 Å². The molecule has 33 heavy (non-hydrogen) atoms. The van der Waals surface area contributed by atoms with Crippen LogP contribution in [0.1, 0.15) is 29.7 Å². The number of hydrogen-bond donors (Lipinski definition) is 3. The third-order valence-electron chi connectivity index (χ3n) is 6.38. The van der Waals surface area contributed by atoms with Crippen LogP contribution < -0.4 is 16.2 Å². The normalized spacial score (nSPS) is 14.2. The van der Waals surface area contributed by atoms with Crippen molar-refractivity contribution in [3.05, 3.63) is 88.1 Å². The van der Waals surface area contributed by atoms with Crippen molar-refractivity contribution in [2.75, 3.05) is 11.9 Å². The second kappa shape index (κ2) is 8.54. The van der Waals surface area contributed by atoms with Gasteiger partial charge in [0.25, 0.3) is 5.56 Å². The number of anilines is 1. The zero-order valence-electron chi connectivity index (χ0n) is 18.5. The molecule has 0 aliphatic heterocycles. The molecule has 8 heteroatoms. The lowest BCUT2D eigenvalue weighted by atomic mass is 9.96. The van der Waals surface area contributed by atoms with Crippen molar-refractivity contribution in [3.63, 3.8) is 0 Å². The van der Waals surface area contributed by atoms with Gasteiger partial charge < -0.3 is 10.6 Å². The minimum atomic E-state index is -0.283. The SMILES string of the molecule is Cc1cnc(NCC2(c3ccccc3)CC2)c(=O)n1CC(=O)NCc1ccc2[nH]ncc2c1. The lowest BCUT2D eigenvalue weighted by molar-refractivity contribution is -0.121. The van der Waals surface area contributed by atoms with Crippen molar-refractivity contribution in [2.24, 2.45) is 0 Å². The number of fused-ring (bicyclic) bond motifs is 1. The van der Waals surface area contributed by atoms with Gasteiger partial charge in [-0.25, -0.2) is 4.98 Å². The minimum Gasteiger partial charge on any atom is -0.365 e. The molecule has 168 valence electrons. The number of hydrogen-bond acceptors (Lipinski definition) is 5. The molecule has 2 aromatic carbocycles. The summed E-state index contributed by atoms with van der Waals surface area (Å²) in [6.07, 6.45) is 5.54. The van der Waals surface area contributed by atoms with E-state index in [-0.39, 0.29) is 29.2 Å². The molecule has 1 aliphatic carbocycles. The second-order valence-electron chi connectivity index (χ2n) is 8.71. The van der Waals surface area contributed by atoms with Gasteiger partial charge in [-0.3, -0.25) is 19.3 Å². The number of H-pyrrole nitrogens is 1. The van der Waals surface area contributed by atoms with Crippen molar-refractivity contribution in [1.82, 2.24) is 25.1 Å². The highest BCUT2D eigenvalue weighted by atomic mass is 16.2. The molecule has 2 aromatic heterocycles. The number of aromatic amines is 1. The molecule has 0 atom stereocenters. The summed E-state index contributed by atoms with van der Waals surface area (Å²) in [6.45, 7) is 2.75. The van der Waals surface area contributed by atoms with Crippen molar-refractivity contribution in [1.29, 1.82) is 0 Å². The first kappa shape index (κ1) is 20.9. The fourth-order valence-electron chi connectivity index (χ4n) is 4.15. The van der Waals surface area contributed by atoms with E-state index in [0.29, 0.717) is 18.8 Å². The largest absolute Gasteiger partial charge is 0.365 e. The molecule has 8 nitrogen and oxygen atoms in total. The first-order valence-electron chi connectivity index (χ1n) is 11.1. The van der Waals surface area contributed by atoms with Crippen molar-refractivity contribution < 1.29 is 4.79 Å². The fraction of sp³-hybridized carbons (Fsp3) is 0.280. The number of amides is 1.